The molecule has 0 saturated heterocycles. The van der Waals surface area contributed by atoms with Gasteiger partial charge in [0, 0.05) is 12.8 Å². The lowest BCUT2D eigenvalue weighted by Crippen LogP contribution is -2.15. The van der Waals surface area contributed by atoms with Gasteiger partial charge in [0.15, 0.2) is 0 Å². The third-order valence-electron chi connectivity index (χ3n) is 3.20. The largest absolute Gasteiger partial charge is 0.491 e. The lowest BCUT2D eigenvalue weighted by atomic mass is 9.83. The molecule has 0 radical (unpaired) electrons. The average molecular weight is 232 g/mol. The maximum Gasteiger partial charge on any atom is 0.133 e. The van der Waals surface area contributed by atoms with Gasteiger partial charge in [-0.2, -0.15) is 0 Å². The molecule has 0 N–H and O–H groups in total. The van der Waals surface area contributed by atoms with Crippen LogP contribution >= 0.6 is 0 Å². The smallest absolute Gasteiger partial charge is 0.133 e. The number of Topliss-reactive ketones (excluding diaryl/α,β-unsaturated/α-hetero) is 1. The summed E-state index contributed by atoms with van der Waals surface area (Å²) < 4.78 is 5.82. The molecule has 0 aromatic heterocycles. The molecule has 0 spiro atoms. The van der Waals surface area contributed by atoms with Crippen molar-refractivity contribution in [3.8, 4) is 5.75 Å². The van der Waals surface area contributed by atoms with E-state index in [-0.39, 0.29) is 6.10 Å². The zero-order valence-electron chi connectivity index (χ0n) is 10.6. The highest BCUT2D eigenvalue weighted by molar-refractivity contribution is 5.80. The van der Waals surface area contributed by atoms with Gasteiger partial charge in [0.05, 0.1) is 6.10 Å². The van der Waals surface area contributed by atoms with Crippen molar-refractivity contribution in [3.05, 3.63) is 29.8 Å². The minimum atomic E-state index is 0.176. The molecule has 1 aromatic carbocycles. The van der Waals surface area contributed by atoms with Crippen molar-refractivity contribution in [1.82, 2.24) is 0 Å². The first kappa shape index (κ1) is 12.2. The van der Waals surface area contributed by atoms with E-state index >= 15 is 0 Å². The number of carbonyl (C=O) groups excluding carboxylic acids is 1. The third kappa shape index (κ3) is 3.09. The van der Waals surface area contributed by atoms with Crippen LogP contribution in [0.25, 0.3) is 0 Å². The van der Waals surface area contributed by atoms with Gasteiger partial charge in [-0.05, 0) is 44.2 Å². The summed E-state index contributed by atoms with van der Waals surface area (Å²) in [7, 11) is 0. The van der Waals surface area contributed by atoms with E-state index in [4.69, 9.17) is 4.74 Å². The second-order valence-electron chi connectivity index (χ2n) is 5.04. The van der Waals surface area contributed by atoms with Crippen molar-refractivity contribution in [2.45, 2.75) is 51.6 Å². The Labute approximate surface area is 103 Å². The summed E-state index contributed by atoms with van der Waals surface area (Å²) >= 11 is 0. The Bertz CT molecular complexity index is 396. The molecule has 1 aliphatic carbocycles. The first-order valence-corrected chi connectivity index (χ1v) is 6.44. The fraction of sp³-hybridized carbons (Fsp3) is 0.533. The molecule has 0 aliphatic heterocycles. The standard InChI is InChI=1S/C15H20O2/c1-11(2)17-15-9-4-3-8-14(15)12-6-5-7-13(16)10-12/h3-4,8-9,11-12H,5-7,10H2,1-2H3. The molecule has 2 nitrogen and oxygen atoms in total. The van der Waals surface area contributed by atoms with Crippen LogP contribution in [0.4, 0.5) is 0 Å². The summed E-state index contributed by atoms with van der Waals surface area (Å²) in [5.41, 5.74) is 1.20. The van der Waals surface area contributed by atoms with E-state index in [1.165, 1.54) is 5.56 Å². The molecule has 1 atom stereocenters. The normalized spacial score (nSPS) is 20.6. The summed E-state index contributed by atoms with van der Waals surface area (Å²) in [5.74, 6) is 1.69. The van der Waals surface area contributed by atoms with Gasteiger partial charge in [0.1, 0.15) is 11.5 Å². The monoisotopic (exact) mass is 232 g/mol. The molecule has 17 heavy (non-hydrogen) atoms. The van der Waals surface area contributed by atoms with Crippen molar-refractivity contribution in [1.29, 1.82) is 0 Å². The molecule has 1 aliphatic rings. The van der Waals surface area contributed by atoms with Crippen molar-refractivity contribution >= 4 is 5.78 Å². The Balaban J connectivity index is 2.21. The van der Waals surface area contributed by atoms with E-state index in [1.54, 1.807) is 0 Å². The number of hydrogen-bond donors (Lipinski definition) is 0. The molecule has 92 valence electrons. The van der Waals surface area contributed by atoms with Crippen LogP contribution in [0.5, 0.6) is 5.75 Å². The minimum absolute atomic E-state index is 0.176. The van der Waals surface area contributed by atoms with Crippen LogP contribution < -0.4 is 4.74 Å². The van der Waals surface area contributed by atoms with E-state index in [9.17, 15) is 4.79 Å². The van der Waals surface area contributed by atoms with Crippen LogP contribution in [0.2, 0.25) is 0 Å². The third-order valence-corrected chi connectivity index (χ3v) is 3.20. The molecule has 0 bridgehead atoms. The predicted octanol–water partition coefficient (Wildman–Crippen LogP) is 3.70. The van der Waals surface area contributed by atoms with E-state index in [2.05, 4.69) is 6.07 Å². The number of ether oxygens (including phenoxy) is 1. The van der Waals surface area contributed by atoms with Crippen LogP contribution in [-0.4, -0.2) is 11.9 Å². The van der Waals surface area contributed by atoms with E-state index in [0.29, 0.717) is 18.1 Å². The topological polar surface area (TPSA) is 26.3 Å². The van der Waals surface area contributed by atoms with Gasteiger partial charge < -0.3 is 4.74 Å². The van der Waals surface area contributed by atoms with E-state index in [0.717, 1.165) is 25.0 Å². The maximum absolute atomic E-state index is 11.5. The van der Waals surface area contributed by atoms with Gasteiger partial charge in [-0.25, -0.2) is 0 Å². The number of carbonyl (C=O) groups is 1. The Morgan fingerprint density at radius 3 is 2.76 bits per heavy atom. The van der Waals surface area contributed by atoms with Crippen molar-refractivity contribution < 1.29 is 9.53 Å². The van der Waals surface area contributed by atoms with Crippen LogP contribution in [0, 0.1) is 0 Å². The average Bonchev–Trinajstić information content (AvgIpc) is 2.29. The molecule has 1 fully saturated rings. The summed E-state index contributed by atoms with van der Waals surface area (Å²) in [6.07, 6.45) is 3.72. The molecule has 2 heteroatoms. The zero-order chi connectivity index (χ0) is 12.3. The zero-order valence-corrected chi connectivity index (χ0v) is 10.6. The SMILES string of the molecule is CC(C)Oc1ccccc1C1CCCC(=O)C1. The number of ketones is 1. The summed E-state index contributed by atoms with van der Waals surface area (Å²) in [4.78, 5) is 11.5. The summed E-state index contributed by atoms with van der Waals surface area (Å²) in [6, 6.07) is 8.13. The lowest BCUT2D eigenvalue weighted by Gasteiger charge is -2.24. The Morgan fingerprint density at radius 1 is 1.29 bits per heavy atom. The first-order chi connectivity index (χ1) is 8.16. The summed E-state index contributed by atoms with van der Waals surface area (Å²) in [5, 5.41) is 0. The van der Waals surface area contributed by atoms with Gasteiger partial charge in [-0.1, -0.05) is 18.2 Å². The highest BCUT2D eigenvalue weighted by Gasteiger charge is 2.23. The van der Waals surface area contributed by atoms with Crippen LogP contribution in [-0.2, 0) is 4.79 Å². The fourth-order valence-electron chi connectivity index (χ4n) is 2.47. The number of benzene rings is 1. The van der Waals surface area contributed by atoms with E-state index < -0.39 is 0 Å². The molecule has 1 aromatic rings. The van der Waals surface area contributed by atoms with Crippen LogP contribution in [0.1, 0.15) is 51.0 Å². The second-order valence-corrected chi connectivity index (χ2v) is 5.04. The van der Waals surface area contributed by atoms with Gasteiger partial charge >= 0.3 is 0 Å². The highest BCUT2D eigenvalue weighted by Crippen LogP contribution is 2.36. The van der Waals surface area contributed by atoms with Crippen molar-refractivity contribution in [3.63, 3.8) is 0 Å². The van der Waals surface area contributed by atoms with Crippen LogP contribution in [0.15, 0.2) is 24.3 Å². The molecular formula is C15H20O2. The minimum Gasteiger partial charge on any atom is -0.491 e. The van der Waals surface area contributed by atoms with Gasteiger partial charge in [0.25, 0.3) is 0 Å². The Morgan fingerprint density at radius 2 is 2.06 bits per heavy atom. The molecule has 0 amide bonds. The van der Waals surface area contributed by atoms with Crippen molar-refractivity contribution in [2.75, 3.05) is 0 Å². The van der Waals surface area contributed by atoms with Gasteiger partial charge in [0.2, 0.25) is 0 Å². The molecule has 1 unspecified atom stereocenters. The van der Waals surface area contributed by atoms with Crippen LogP contribution in [0.3, 0.4) is 0 Å². The number of rotatable bonds is 3. The second kappa shape index (κ2) is 5.35. The molecule has 0 heterocycles. The number of para-hydroxylation sites is 1. The van der Waals surface area contributed by atoms with Crippen molar-refractivity contribution in [2.24, 2.45) is 0 Å². The lowest BCUT2D eigenvalue weighted by molar-refractivity contribution is -0.120. The first-order valence-electron chi connectivity index (χ1n) is 6.44. The molecule has 2 rings (SSSR count). The Kier molecular flexibility index (Phi) is 3.82. The maximum atomic E-state index is 11.5. The highest BCUT2D eigenvalue weighted by atomic mass is 16.5. The molecule has 1 saturated carbocycles. The van der Waals surface area contributed by atoms with Gasteiger partial charge in [-0.15, -0.1) is 0 Å². The molecular weight excluding hydrogens is 212 g/mol. The summed E-state index contributed by atoms with van der Waals surface area (Å²) in [6.45, 7) is 4.06. The Hall–Kier alpha value is -1.31. The van der Waals surface area contributed by atoms with Gasteiger partial charge in [-0.3, -0.25) is 4.79 Å². The number of hydrogen-bond acceptors (Lipinski definition) is 2. The predicted molar refractivity (Wildman–Crippen MR) is 68.4 cm³/mol. The quantitative estimate of drug-likeness (QED) is 0.794. The fourth-order valence-corrected chi connectivity index (χ4v) is 2.47. The van der Waals surface area contributed by atoms with E-state index in [1.807, 2.05) is 32.0 Å².